The van der Waals surface area contributed by atoms with E-state index in [0.29, 0.717) is 0 Å². The van der Waals surface area contributed by atoms with Crippen molar-refractivity contribution in [2.45, 2.75) is 45.4 Å². The summed E-state index contributed by atoms with van der Waals surface area (Å²) in [5.74, 6) is 0. The molecule has 1 nitrogen and oxygen atoms in total. The Morgan fingerprint density at radius 2 is 0.679 bits per heavy atom. The maximum absolute atomic E-state index is 2.43. The maximum atomic E-state index is 2.43. The van der Waals surface area contributed by atoms with Crippen molar-refractivity contribution in [1.82, 2.24) is 0 Å². The molecular weight excluding hydrogens is 675 g/mol. The minimum absolute atomic E-state index is 0.0270. The van der Waals surface area contributed by atoms with Crippen molar-refractivity contribution in [1.29, 1.82) is 0 Å². The molecule has 0 fully saturated rings. The van der Waals surface area contributed by atoms with E-state index in [2.05, 4.69) is 222 Å². The molecule has 2 aliphatic carbocycles. The molecule has 0 unspecified atom stereocenters. The van der Waals surface area contributed by atoms with Crippen molar-refractivity contribution >= 4 is 17.1 Å². The molecule has 0 atom stereocenters. The number of benzene rings is 8. The third-order valence-electron chi connectivity index (χ3n) is 12.6. The van der Waals surface area contributed by atoms with E-state index in [4.69, 9.17) is 0 Å². The van der Waals surface area contributed by atoms with Gasteiger partial charge in [-0.15, -0.1) is 0 Å². The van der Waals surface area contributed by atoms with Crippen molar-refractivity contribution in [3.63, 3.8) is 0 Å². The summed E-state index contributed by atoms with van der Waals surface area (Å²) in [6.07, 6.45) is 0. The first-order valence-corrected chi connectivity index (χ1v) is 19.8. The maximum Gasteiger partial charge on any atom is 0.0465 e. The summed E-state index contributed by atoms with van der Waals surface area (Å²) in [7, 11) is 0. The molecular formula is C55H45N. The van der Waals surface area contributed by atoms with Gasteiger partial charge in [0.05, 0.1) is 0 Å². The number of nitrogens with zero attached hydrogens (tertiary/aromatic N) is 1. The molecule has 1 heteroatoms. The van der Waals surface area contributed by atoms with Crippen LogP contribution in [0, 0.1) is 6.92 Å². The van der Waals surface area contributed by atoms with E-state index >= 15 is 0 Å². The van der Waals surface area contributed by atoms with Gasteiger partial charge in [0, 0.05) is 27.9 Å². The molecule has 8 aromatic carbocycles. The Morgan fingerprint density at radius 1 is 0.304 bits per heavy atom. The van der Waals surface area contributed by atoms with Gasteiger partial charge in [0.15, 0.2) is 0 Å². The van der Waals surface area contributed by atoms with Crippen LogP contribution in [0.1, 0.15) is 55.5 Å². The van der Waals surface area contributed by atoms with Gasteiger partial charge in [0.2, 0.25) is 0 Å². The van der Waals surface area contributed by atoms with Gasteiger partial charge in [0.25, 0.3) is 0 Å². The summed E-state index contributed by atoms with van der Waals surface area (Å²) in [6, 6.07) is 67.6. The van der Waals surface area contributed by atoms with Gasteiger partial charge in [-0.25, -0.2) is 0 Å². The lowest BCUT2D eigenvalue weighted by molar-refractivity contribution is 0.660. The van der Waals surface area contributed by atoms with Crippen molar-refractivity contribution in [2.24, 2.45) is 0 Å². The zero-order valence-corrected chi connectivity index (χ0v) is 32.8. The molecule has 0 N–H and O–H groups in total. The molecule has 0 bridgehead atoms. The minimum atomic E-state index is -0.162. The van der Waals surface area contributed by atoms with Crippen LogP contribution in [0.4, 0.5) is 17.1 Å². The summed E-state index contributed by atoms with van der Waals surface area (Å²) in [5.41, 5.74) is 22.9. The fourth-order valence-electron chi connectivity index (χ4n) is 9.36. The van der Waals surface area contributed by atoms with E-state index in [1.807, 2.05) is 0 Å². The van der Waals surface area contributed by atoms with Crippen molar-refractivity contribution in [2.75, 3.05) is 4.90 Å². The van der Waals surface area contributed by atoms with Crippen LogP contribution < -0.4 is 4.90 Å². The van der Waals surface area contributed by atoms with Gasteiger partial charge in [-0.3, -0.25) is 0 Å². The Labute approximate surface area is 331 Å². The van der Waals surface area contributed by atoms with Gasteiger partial charge in [-0.2, -0.15) is 0 Å². The molecule has 0 amide bonds. The number of anilines is 3. The van der Waals surface area contributed by atoms with Crippen molar-refractivity contribution in [3.05, 3.63) is 210 Å². The number of aryl methyl sites for hydroxylation is 1. The Kier molecular flexibility index (Phi) is 7.80. The van der Waals surface area contributed by atoms with Crippen LogP contribution in [0.2, 0.25) is 0 Å². The third-order valence-corrected chi connectivity index (χ3v) is 12.6. The SMILES string of the molecule is Cc1ccc(N(c2ccc(-c3ccc4c(c3)C(C)(C)c3ccccc3-4)cc2)c2ccc3c(c2)C(C)(C)c2cc(-c4ccc(-c5ccccc5)cc4)ccc2-3)cc1. The molecule has 56 heavy (non-hydrogen) atoms. The largest absolute Gasteiger partial charge is 0.310 e. The van der Waals surface area contributed by atoms with Crippen molar-refractivity contribution < 1.29 is 0 Å². The average molecular weight is 720 g/mol. The van der Waals surface area contributed by atoms with Gasteiger partial charge < -0.3 is 4.90 Å². The molecule has 0 aromatic heterocycles. The number of hydrogen-bond donors (Lipinski definition) is 0. The number of fused-ring (bicyclic) bond motifs is 6. The topological polar surface area (TPSA) is 3.24 Å². The smallest absolute Gasteiger partial charge is 0.0465 e. The molecule has 0 saturated heterocycles. The van der Waals surface area contributed by atoms with E-state index in [9.17, 15) is 0 Å². The second kappa shape index (κ2) is 12.8. The van der Waals surface area contributed by atoms with Crippen LogP contribution in [0.15, 0.2) is 182 Å². The summed E-state index contributed by atoms with van der Waals surface area (Å²) in [6.45, 7) is 11.6. The van der Waals surface area contributed by atoms with Gasteiger partial charge in [-0.1, -0.05) is 167 Å². The number of rotatable bonds is 6. The Hall–Kier alpha value is -6.44. The highest BCUT2D eigenvalue weighted by Crippen LogP contribution is 2.52. The second-order valence-corrected chi connectivity index (χ2v) is 16.7. The van der Waals surface area contributed by atoms with Crippen LogP contribution in [0.25, 0.3) is 55.6 Å². The predicted molar refractivity (Wildman–Crippen MR) is 237 cm³/mol. The van der Waals surface area contributed by atoms with E-state index in [1.54, 1.807) is 0 Å². The molecule has 0 aliphatic heterocycles. The first kappa shape index (κ1) is 34.1. The molecule has 0 saturated carbocycles. The monoisotopic (exact) mass is 719 g/mol. The Balaban J connectivity index is 0.991. The summed E-state index contributed by atoms with van der Waals surface area (Å²) in [5, 5.41) is 0. The summed E-state index contributed by atoms with van der Waals surface area (Å²) < 4.78 is 0. The van der Waals surface area contributed by atoms with E-state index < -0.39 is 0 Å². The normalized spacial score (nSPS) is 14.1. The lowest BCUT2D eigenvalue weighted by atomic mass is 9.81. The average Bonchev–Trinajstić information content (AvgIpc) is 3.61. The summed E-state index contributed by atoms with van der Waals surface area (Å²) >= 11 is 0. The first-order chi connectivity index (χ1) is 27.2. The minimum Gasteiger partial charge on any atom is -0.310 e. The molecule has 2 aliphatic rings. The Morgan fingerprint density at radius 3 is 1.27 bits per heavy atom. The fourth-order valence-corrected chi connectivity index (χ4v) is 9.36. The van der Waals surface area contributed by atoms with Crippen LogP contribution in [-0.4, -0.2) is 0 Å². The lowest BCUT2D eigenvalue weighted by Crippen LogP contribution is -2.16. The highest BCUT2D eigenvalue weighted by molar-refractivity contribution is 5.88. The van der Waals surface area contributed by atoms with E-state index in [0.717, 1.165) is 17.1 Å². The second-order valence-electron chi connectivity index (χ2n) is 16.7. The summed E-state index contributed by atoms with van der Waals surface area (Å²) in [4.78, 5) is 2.41. The van der Waals surface area contributed by atoms with E-state index in [-0.39, 0.29) is 10.8 Å². The zero-order chi connectivity index (χ0) is 38.2. The van der Waals surface area contributed by atoms with Crippen molar-refractivity contribution in [3.8, 4) is 55.6 Å². The molecule has 0 heterocycles. The van der Waals surface area contributed by atoms with Gasteiger partial charge in [0.1, 0.15) is 0 Å². The van der Waals surface area contributed by atoms with Gasteiger partial charge in [-0.05, 0) is 133 Å². The lowest BCUT2D eigenvalue weighted by Gasteiger charge is -2.28. The highest BCUT2D eigenvalue weighted by atomic mass is 15.1. The standard InChI is InChI=1S/C55H45N/c1-36-15-25-43(26-16-36)56(44-27-21-40(22-28-44)42-23-30-47-46-13-9-10-14-50(46)54(2,3)51(47)33-42)45-29-32-49-48-31-24-41(34-52(48)55(4,5)53(49)35-45)39-19-17-38(18-20-39)37-11-7-6-8-12-37/h6-35H,1-5H3. The van der Waals surface area contributed by atoms with Crippen LogP contribution >= 0.6 is 0 Å². The quantitative estimate of drug-likeness (QED) is 0.165. The van der Waals surface area contributed by atoms with Crippen LogP contribution in [0.5, 0.6) is 0 Å². The van der Waals surface area contributed by atoms with Crippen LogP contribution in [0.3, 0.4) is 0 Å². The number of hydrogen-bond acceptors (Lipinski definition) is 1. The van der Waals surface area contributed by atoms with Gasteiger partial charge >= 0.3 is 0 Å². The molecule has 270 valence electrons. The predicted octanol–water partition coefficient (Wildman–Crippen LogP) is 15.1. The molecule has 0 radical (unpaired) electrons. The molecule has 10 rings (SSSR count). The fraction of sp³-hybridized carbons (Fsp3) is 0.127. The molecule has 0 spiro atoms. The molecule has 8 aromatic rings. The highest BCUT2D eigenvalue weighted by Gasteiger charge is 2.37. The van der Waals surface area contributed by atoms with Crippen LogP contribution in [-0.2, 0) is 10.8 Å². The Bertz CT molecular complexity index is 2770. The zero-order valence-electron chi connectivity index (χ0n) is 32.8. The first-order valence-electron chi connectivity index (χ1n) is 19.8. The van der Waals surface area contributed by atoms with E-state index in [1.165, 1.54) is 83.5 Å². The third kappa shape index (κ3) is 5.45.